The molecule has 0 N–H and O–H groups in total. The molecule has 4 heteroatoms. The molecule has 0 aliphatic heterocycles. The summed E-state index contributed by atoms with van der Waals surface area (Å²) in [7, 11) is 0. The Morgan fingerprint density at radius 2 is 1.57 bits per heavy atom. The summed E-state index contributed by atoms with van der Waals surface area (Å²) in [6.07, 6.45) is 1.55. The van der Waals surface area contributed by atoms with Gasteiger partial charge in [-0.1, -0.05) is 35.4 Å². The van der Waals surface area contributed by atoms with Crippen LogP contribution in [0.1, 0.15) is 11.1 Å². The minimum atomic E-state index is 0.650. The summed E-state index contributed by atoms with van der Waals surface area (Å²) < 4.78 is 0. The van der Waals surface area contributed by atoms with E-state index >= 15 is 0 Å². The molecule has 104 valence electrons. The third-order valence-corrected chi connectivity index (χ3v) is 3.55. The van der Waals surface area contributed by atoms with Gasteiger partial charge in [-0.05, 0) is 43.7 Å². The van der Waals surface area contributed by atoms with Crippen LogP contribution >= 0.6 is 11.6 Å². The zero-order valence-corrected chi connectivity index (χ0v) is 12.6. The number of aromatic nitrogens is 3. The minimum Gasteiger partial charge on any atom is -0.217 e. The molecule has 2 aromatic carbocycles. The molecule has 3 rings (SSSR count). The summed E-state index contributed by atoms with van der Waals surface area (Å²) in [4.78, 5) is 13.1. The molecule has 0 radical (unpaired) electrons. The number of rotatable bonds is 2. The van der Waals surface area contributed by atoms with Crippen molar-refractivity contribution in [2.45, 2.75) is 13.8 Å². The Balaban J connectivity index is 2.05. The normalized spacial score (nSPS) is 10.6. The third-order valence-electron chi connectivity index (χ3n) is 3.30. The molecule has 0 aliphatic carbocycles. The largest absolute Gasteiger partial charge is 0.217 e. The van der Waals surface area contributed by atoms with E-state index in [1.54, 1.807) is 6.33 Å². The summed E-state index contributed by atoms with van der Waals surface area (Å²) in [5.74, 6) is 1.34. The molecule has 0 bridgehead atoms. The van der Waals surface area contributed by atoms with Gasteiger partial charge in [-0.15, -0.1) is 0 Å². The van der Waals surface area contributed by atoms with Crippen LogP contribution in [0.5, 0.6) is 0 Å². The van der Waals surface area contributed by atoms with Crippen LogP contribution in [0.3, 0.4) is 0 Å². The summed E-state index contributed by atoms with van der Waals surface area (Å²) in [5, 5.41) is 0.697. The van der Waals surface area contributed by atoms with Gasteiger partial charge in [0.05, 0.1) is 0 Å². The molecule has 21 heavy (non-hydrogen) atoms. The molecule has 3 nitrogen and oxygen atoms in total. The zero-order valence-electron chi connectivity index (χ0n) is 11.8. The van der Waals surface area contributed by atoms with E-state index in [-0.39, 0.29) is 0 Å². The maximum absolute atomic E-state index is 5.91. The highest BCUT2D eigenvalue weighted by Gasteiger charge is 2.08. The van der Waals surface area contributed by atoms with Gasteiger partial charge in [0.25, 0.3) is 0 Å². The number of halogens is 1. The van der Waals surface area contributed by atoms with Crippen LogP contribution in [0.4, 0.5) is 0 Å². The van der Waals surface area contributed by atoms with Gasteiger partial charge in [-0.2, -0.15) is 0 Å². The lowest BCUT2D eigenvalue weighted by Gasteiger charge is -2.07. The van der Waals surface area contributed by atoms with Gasteiger partial charge >= 0.3 is 0 Å². The highest BCUT2D eigenvalue weighted by atomic mass is 35.5. The Morgan fingerprint density at radius 1 is 0.857 bits per heavy atom. The quantitative estimate of drug-likeness (QED) is 0.700. The van der Waals surface area contributed by atoms with Crippen molar-refractivity contribution < 1.29 is 0 Å². The van der Waals surface area contributed by atoms with Crippen LogP contribution in [0.2, 0.25) is 5.02 Å². The first-order chi connectivity index (χ1) is 10.1. The van der Waals surface area contributed by atoms with Gasteiger partial charge in [0.15, 0.2) is 11.6 Å². The van der Waals surface area contributed by atoms with Crippen LogP contribution in [-0.2, 0) is 0 Å². The molecule has 0 amide bonds. The van der Waals surface area contributed by atoms with E-state index in [9.17, 15) is 0 Å². The van der Waals surface area contributed by atoms with Crippen molar-refractivity contribution in [1.29, 1.82) is 0 Å². The third kappa shape index (κ3) is 2.93. The van der Waals surface area contributed by atoms with Crippen molar-refractivity contribution in [1.82, 2.24) is 15.0 Å². The number of benzene rings is 2. The molecule has 3 aromatic rings. The minimum absolute atomic E-state index is 0.650. The Labute approximate surface area is 128 Å². The van der Waals surface area contributed by atoms with Crippen molar-refractivity contribution in [2.24, 2.45) is 0 Å². The molecule has 0 atom stereocenters. The molecule has 1 aromatic heterocycles. The molecule has 0 fully saturated rings. The second-order valence-corrected chi connectivity index (χ2v) is 5.39. The molecule has 0 saturated carbocycles. The maximum atomic E-state index is 5.91. The second kappa shape index (κ2) is 5.62. The number of aryl methyl sites for hydroxylation is 2. The molecule has 1 heterocycles. The molecule has 0 spiro atoms. The van der Waals surface area contributed by atoms with Gasteiger partial charge in [0.1, 0.15) is 6.33 Å². The predicted molar refractivity (Wildman–Crippen MR) is 85.2 cm³/mol. The van der Waals surface area contributed by atoms with Gasteiger partial charge < -0.3 is 0 Å². The molecule has 0 aliphatic rings. The fraction of sp³-hybridized carbons (Fsp3) is 0.118. The van der Waals surface area contributed by atoms with Gasteiger partial charge in [-0.3, -0.25) is 0 Å². The maximum Gasteiger partial charge on any atom is 0.163 e. The predicted octanol–water partition coefficient (Wildman–Crippen LogP) is 4.48. The standard InChI is InChI=1S/C17H14ClN3/c1-11-3-8-15(12(2)9-11)17-20-10-19-16(21-17)13-4-6-14(18)7-5-13/h3-10H,1-2H3. The van der Waals surface area contributed by atoms with E-state index in [1.165, 1.54) is 5.56 Å². The molecule has 0 saturated heterocycles. The van der Waals surface area contributed by atoms with Crippen molar-refractivity contribution >= 4 is 11.6 Å². The van der Waals surface area contributed by atoms with Crippen LogP contribution in [0.25, 0.3) is 22.8 Å². The lowest BCUT2D eigenvalue weighted by atomic mass is 10.1. The summed E-state index contributed by atoms with van der Waals surface area (Å²) in [5.41, 5.74) is 4.33. The second-order valence-electron chi connectivity index (χ2n) is 4.96. The lowest BCUT2D eigenvalue weighted by molar-refractivity contribution is 1.06. The average Bonchev–Trinajstić information content (AvgIpc) is 2.48. The summed E-state index contributed by atoms with van der Waals surface area (Å²) >= 11 is 5.91. The van der Waals surface area contributed by atoms with E-state index in [0.29, 0.717) is 16.7 Å². The Morgan fingerprint density at radius 3 is 2.29 bits per heavy atom. The van der Waals surface area contributed by atoms with Crippen molar-refractivity contribution in [3.63, 3.8) is 0 Å². The molecule has 0 unspecified atom stereocenters. The summed E-state index contributed by atoms with van der Waals surface area (Å²) in [6.45, 7) is 4.14. The van der Waals surface area contributed by atoms with Crippen LogP contribution in [-0.4, -0.2) is 15.0 Å². The first-order valence-corrected chi connectivity index (χ1v) is 7.04. The zero-order chi connectivity index (χ0) is 14.8. The fourth-order valence-corrected chi connectivity index (χ4v) is 2.35. The highest BCUT2D eigenvalue weighted by molar-refractivity contribution is 6.30. The monoisotopic (exact) mass is 295 g/mol. The topological polar surface area (TPSA) is 38.7 Å². The van der Waals surface area contributed by atoms with Gasteiger partial charge in [-0.25, -0.2) is 15.0 Å². The molecular weight excluding hydrogens is 282 g/mol. The highest BCUT2D eigenvalue weighted by Crippen LogP contribution is 2.23. The van der Waals surface area contributed by atoms with Crippen molar-refractivity contribution in [3.8, 4) is 22.8 Å². The van der Waals surface area contributed by atoms with Gasteiger partial charge in [0.2, 0.25) is 0 Å². The average molecular weight is 296 g/mol. The Hall–Kier alpha value is -2.26. The number of hydrogen-bond donors (Lipinski definition) is 0. The number of nitrogens with zero attached hydrogens (tertiary/aromatic N) is 3. The first kappa shape index (κ1) is 13.7. The number of hydrogen-bond acceptors (Lipinski definition) is 3. The van der Waals surface area contributed by atoms with Crippen LogP contribution in [0.15, 0.2) is 48.8 Å². The van der Waals surface area contributed by atoms with Crippen LogP contribution < -0.4 is 0 Å². The van der Waals surface area contributed by atoms with E-state index in [2.05, 4.69) is 40.9 Å². The van der Waals surface area contributed by atoms with Crippen molar-refractivity contribution in [3.05, 3.63) is 64.9 Å². The smallest absolute Gasteiger partial charge is 0.163 e. The lowest BCUT2D eigenvalue weighted by Crippen LogP contribution is -1.96. The SMILES string of the molecule is Cc1ccc(-c2ncnc(-c3ccc(Cl)cc3)n2)c(C)c1. The van der Waals surface area contributed by atoms with Crippen LogP contribution in [0, 0.1) is 13.8 Å². The molecular formula is C17H14ClN3. The van der Waals surface area contributed by atoms with E-state index in [0.717, 1.165) is 16.7 Å². The van der Waals surface area contributed by atoms with E-state index < -0.39 is 0 Å². The van der Waals surface area contributed by atoms with Crippen molar-refractivity contribution in [2.75, 3.05) is 0 Å². The first-order valence-electron chi connectivity index (χ1n) is 6.66. The fourth-order valence-electron chi connectivity index (χ4n) is 2.23. The summed E-state index contributed by atoms with van der Waals surface area (Å²) in [6, 6.07) is 13.7. The Bertz CT molecular complexity index is 782. The van der Waals surface area contributed by atoms with E-state index in [1.807, 2.05) is 30.3 Å². The van der Waals surface area contributed by atoms with E-state index in [4.69, 9.17) is 11.6 Å². The van der Waals surface area contributed by atoms with Gasteiger partial charge in [0, 0.05) is 16.1 Å². The Kier molecular flexibility index (Phi) is 3.67.